The van der Waals surface area contributed by atoms with Gasteiger partial charge in [-0.3, -0.25) is 0 Å². The first-order chi connectivity index (χ1) is 9.24. The van der Waals surface area contributed by atoms with E-state index in [4.69, 9.17) is 0 Å². The van der Waals surface area contributed by atoms with E-state index in [0.717, 1.165) is 5.57 Å². The molecule has 1 saturated heterocycles. The maximum Gasteiger partial charge on any atom is -0.00156 e. The highest BCUT2D eigenvalue weighted by Crippen LogP contribution is 2.12. The third-order valence-corrected chi connectivity index (χ3v) is 3.68. The van der Waals surface area contributed by atoms with Crippen LogP contribution in [0.15, 0.2) is 42.5 Å². The molecule has 1 aliphatic rings. The Morgan fingerprint density at radius 1 is 1.21 bits per heavy atom. The van der Waals surface area contributed by atoms with Crippen molar-refractivity contribution in [3.8, 4) is 0 Å². The van der Waals surface area contributed by atoms with Crippen molar-refractivity contribution in [3.05, 3.63) is 53.6 Å². The van der Waals surface area contributed by atoms with Gasteiger partial charge in [-0.1, -0.05) is 48.6 Å². The topological polar surface area (TPSA) is 3.24 Å². The molecule has 0 aromatic heterocycles. The molecule has 1 fully saturated rings. The van der Waals surface area contributed by atoms with Gasteiger partial charge in [-0.2, -0.15) is 0 Å². The lowest BCUT2D eigenvalue weighted by Gasteiger charge is -2.13. The highest BCUT2D eigenvalue weighted by atomic mass is 15.1. The Labute approximate surface area is 117 Å². The predicted octanol–water partition coefficient (Wildman–Crippen LogP) is 4.30. The van der Waals surface area contributed by atoms with Crippen LogP contribution >= 0.6 is 0 Å². The maximum absolute atomic E-state index is 3.87. The minimum atomic E-state index is 1.09. The third-order valence-electron chi connectivity index (χ3n) is 3.68. The monoisotopic (exact) mass is 255 g/mol. The number of aryl methyl sites for hydroxylation is 1. The third kappa shape index (κ3) is 5.04. The van der Waals surface area contributed by atoms with E-state index in [1.807, 2.05) is 6.92 Å². The second kappa shape index (κ2) is 7.30. The quantitative estimate of drug-likeness (QED) is 0.685. The molecule has 0 radical (unpaired) electrons. The number of hydrogen-bond donors (Lipinski definition) is 0. The lowest BCUT2D eigenvalue weighted by molar-refractivity contribution is 0.334. The normalized spacial score (nSPS) is 16.3. The molecule has 0 saturated carbocycles. The summed E-state index contributed by atoms with van der Waals surface area (Å²) in [6.07, 6.45) is 9.44. The van der Waals surface area contributed by atoms with Crippen molar-refractivity contribution in [3.63, 3.8) is 0 Å². The predicted molar refractivity (Wildman–Crippen MR) is 84.3 cm³/mol. The number of likely N-dealkylation sites (tertiary alicyclic amines) is 1. The van der Waals surface area contributed by atoms with Crippen molar-refractivity contribution >= 4 is 6.08 Å². The lowest BCUT2D eigenvalue weighted by atomic mass is 10.1. The highest BCUT2D eigenvalue weighted by molar-refractivity contribution is 5.52. The molecule has 0 N–H and O–H groups in total. The van der Waals surface area contributed by atoms with Crippen molar-refractivity contribution in [2.24, 2.45) is 0 Å². The van der Waals surface area contributed by atoms with Gasteiger partial charge < -0.3 is 4.90 Å². The van der Waals surface area contributed by atoms with E-state index in [2.05, 4.69) is 47.9 Å². The number of rotatable bonds is 6. The van der Waals surface area contributed by atoms with Gasteiger partial charge in [-0.05, 0) is 63.4 Å². The van der Waals surface area contributed by atoms with Gasteiger partial charge in [0.2, 0.25) is 0 Å². The molecule has 1 nitrogen and oxygen atoms in total. The van der Waals surface area contributed by atoms with Crippen LogP contribution in [0.25, 0.3) is 6.08 Å². The Hall–Kier alpha value is -1.34. The van der Waals surface area contributed by atoms with E-state index in [1.165, 1.54) is 56.4 Å². The number of benzene rings is 1. The smallest absolute Gasteiger partial charge is 0.00156 e. The number of nitrogens with zero attached hydrogens (tertiary/aromatic N) is 1. The standard InChI is InChI=1S/C18H25N/c1-16(2)7-8-18-11-9-17(10-12-18)6-5-15-19-13-3-4-14-19/h7-12H,1,3-6,13-15H2,2H3/b8-7+. The van der Waals surface area contributed by atoms with Crippen LogP contribution in [0.4, 0.5) is 0 Å². The van der Waals surface area contributed by atoms with Crippen molar-refractivity contribution in [2.75, 3.05) is 19.6 Å². The molecule has 0 bridgehead atoms. The van der Waals surface area contributed by atoms with E-state index in [9.17, 15) is 0 Å². The van der Waals surface area contributed by atoms with Crippen LogP contribution in [-0.4, -0.2) is 24.5 Å². The summed E-state index contributed by atoms with van der Waals surface area (Å²) in [4.78, 5) is 2.59. The SMILES string of the molecule is C=C(C)/C=C/c1ccc(CCCN2CCCC2)cc1. The Morgan fingerprint density at radius 2 is 1.89 bits per heavy atom. The highest BCUT2D eigenvalue weighted by Gasteiger charge is 2.10. The van der Waals surface area contributed by atoms with E-state index in [1.54, 1.807) is 0 Å². The zero-order chi connectivity index (χ0) is 13.5. The molecule has 0 amide bonds. The fourth-order valence-corrected chi connectivity index (χ4v) is 2.55. The fraction of sp³-hybridized carbons (Fsp3) is 0.444. The molecule has 2 rings (SSSR count). The minimum absolute atomic E-state index is 1.09. The van der Waals surface area contributed by atoms with Crippen molar-refractivity contribution in [1.82, 2.24) is 4.90 Å². The van der Waals surface area contributed by atoms with Crippen LogP contribution < -0.4 is 0 Å². The zero-order valence-electron chi connectivity index (χ0n) is 12.1. The van der Waals surface area contributed by atoms with E-state index in [-0.39, 0.29) is 0 Å². The van der Waals surface area contributed by atoms with Crippen LogP contribution in [0, 0.1) is 0 Å². The number of hydrogen-bond acceptors (Lipinski definition) is 1. The van der Waals surface area contributed by atoms with Crippen LogP contribution in [0.2, 0.25) is 0 Å². The largest absolute Gasteiger partial charge is 0.303 e. The fourth-order valence-electron chi connectivity index (χ4n) is 2.55. The summed E-state index contributed by atoms with van der Waals surface area (Å²) in [5, 5.41) is 0. The Kier molecular flexibility index (Phi) is 5.41. The molecule has 0 unspecified atom stereocenters. The van der Waals surface area contributed by atoms with Crippen LogP contribution in [0.1, 0.15) is 37.3 Å². The first-order valence-corrected chi connectivity index (χ1v) is 7.39. The van der Waals surface area contributed by atoms with E-state index < -0.39 is 0 Å². The Balaban J connectivity index is 1.76. The molecule has 1 heterocycles. The summed E-state index contributed by atoms with van der Waals surface area (Å²) in [6, 6.07) is 8.90. The van der Waals surface area contributed by atoms with Gasteiger partial charge in [0, 0.05) is 0 Å². The van der Waals surface area contributed by atoms with Crippen LogP contribution in [-0.2, 0) is 6.42 Å². The summed E-state index contributed by atoms with van der Waals surface area (Å²) in [6.45, 7) is 9.77. The molecule has 1 aliphatic heterocycles. The molecule has 0 spiro atoms. The van der Waals surface area contributed by atoms with Gasteiger partial charge in [0.15, 0.2) is 0 Å². The summed E-state index contributed by atoms with van der Waals surface area (Å²) in [5.74, 6) is 0. The molecule has 0 aliphatic carbocycles. The average molecular weight is 255 g/mol. The Bertz CT molecular complexity index is 422. The molecular formula is C18H25N. The molecule has 1 heteroatoms. The van der Waals surface area contributed by atoms with Gasteiger partial charge in [-0.25, -0.2) is 0 Å². The number of allylic oxidation sites excluding steroid dienone is 2. The van der Waals surface area contributed by atoms with E-state index >= 15 is 0 Å². The second-order valence-electron chi connectivity index (χ2n) is 5.57. The maximum atomic E-state index is 3.87. The lowest BCUT2D eigenvalue weighted by Crippen LogP contribution is -2.20. The Morgan fingerprint density at radius 3 is 2.53 bits per heavy atom. The molecule has 0 atom stereocenters. The molecule has 1 aromatic carbocycles. The summed E-state index contributed by atoms with van der Waals surface area (Å²) < 4.78 is 0. The van der Waals surface area contributed by atoms with E-state index in [0.29, 0.717) is 0 Å². The summed E-state index contributed by atoms with van der Waals surface area (Å²) >= 11 is 0. The van der Waals surface area contributed by atoms with Gasteiger partial charge in [0.25, 0.3) is 0 Å². The molecule has 102 valence electrons. The summed E-state index contributed by atoms with van der Waals surface area (Å²) in [7, 11) is 0. The second-order valence-corrected chi connectivity index (χ2v) is 5.57. The molecule has 1 aromatic rings. The van der Waals surface area contributed by atoms with Crippen LogP contribution in [0.3, 0.4) is 0 Å². The molecule has 19 heavy (non-hydrogen) atoms. The van der Waals surface area contributed by atoms with Crippen molar-refractivity contribution < 1.29 is 0 Å². The minimum Gasteiger partial charge on any atom is -0.303 e. The first kappa shape index (κ1) is 14.1. The first-order valence-electron chi connectivity index (χ1n) is 7.39. The average Bonchev–Trinajstić information content (AvgIpc) is 2.91. The van der Waals surface area contributed by atoms with Crippen molar-refractivity contribution in [2.45, 2.75) is 32.6 Å². The van der Waals surface area contributed by atoms with Gasteiger partial charge in [0.05, 0.1) is 0 Å². The molecular weight excluding hydrogens is 230 g/mol. The van der Waals surface area contributed by atoms with Crippen LogP contribution in [0.5, 0.6) is 0 Å². The van der Waals surface area contributed by atoms with Gasteiger partial charge in [-0.15, -0.1) is 0 Å². The van der Waals surface area contributed by atoms with Gasteiger partial charge >= 0.3 is 0 Å². The summed E-state index contributed by atoms with van der Waals surface area (Å²) in [5.41, 5.74) is 3.80. The van der Waals surface area contributed by atoms with Crippen molar-refractivity contribution in [1.29, 1.82) is 0 Å². The van der Waals surface area contributed by atoms with Gasteiger partial charge in [0.1, 0.15) is 0 Å². The zero-order valence-corrected chi connectivity index (χ0v) is 12.1.